The fourth-order valence-electron chi connectivity index (χ4n) is 0. The maximum absolute atomic E-state index is 8.77. The smallest absolute Gasteiger partial charge is 0.756 e. The SMILES string of the molecule is [16O]=P([16O-])([16OH])[16OH].[Na+]. The van der Waals surface area contributed by atoms with Crippen molar-refractivity contribution in [3.63, 3.8) is 0 Å². The molecule has 0 heterocycles. The van der Waals surface area contributed by atoms with Crippen molar-refractivity contribution in [1.29, 1.82) is 0 Å². The van der Waals surface area contributed by atoms with Crippen molar-refractivity contribution in [3.05, 3.63) is 0 Å². The van der Waals surface area contributed by atoms with Crippen LogP contribution in [-0.2, 0) is 4.57 Å². The van der Waals surface area contributed by atoms with Gasteiger partial charge in [0.1, 0.15) is 0 Å². The molecule has 0 aromatic carbocycles. The molecule has 2 N–H and O–H groups in total. The topological polar surface area (TPSA) is 80.6 Å². The van der Waals surface area contributed by atoms with Gasteiger partial charge >= 0.3 is 29.6 Å². The average Bonchev–Trinajstić information content (AvgIpc) is 0.722. The van der Waals surface area contributed by atoms with E-state index in [1.54, 1.807) is 0 Å². The van der Waals surface area contributed by atoms with Crippen molar-refractivity contribution >= 4 is 7.82 Å². The largest absolute Gasteiger partial charge is 1.00 e. The van der Waals surface area contributed by atoms with Crippen molar-refractivity contribution in [1.82, 2.24) is 0 Å². The molecule has 0 atom stereocenters. The maximum Gasteiger partial charge on any atom is 1.00 e. The molecule has 0 aliphatic carbocycles. The molecule has 0 rings (SSSR count). The van der Waals surface area contributed by atoms with Gasteiger partial charge in [0.05, 0.1) is 0 Å². The van der Waals surface area contributed by atoms with E-state index in [2.05, 4.69) is 0 Å². The standard InChI is InChI=1S/Na.H3O4P/c;1-5(2,3)4/h;(H3,1,2,3,4)/q+1;/p-1/i;1+0,2+0,3+0,4+0. The monoisotopic (exact) mass is 120 g/mol. The molecule has 6 heavy (non-hydrogen) atoms. The van der Waals surface area contributed by atoms with Crippen LogP contribution in [-0.4, -0.2) is 9.79 Å². The summed E-state index contributed by atoms with van der Waals surface area (Å²) in [6, 6.07) is 0. The Hall–Kier alpha value is 1.11. The summed E-state index contributed by atoms with van der Waals surface area (Å²) in [7, 11) is -4.89. The molecule has 0 amide bonds. The van der Waals surface area contributed by atoms with Crippen LogP contribution < -0.4 is 34.5 Å². The second kappa shape index (κ2) is 3.16. The van der Waals surface area contributed by atoms with Crippen molar-refractivity contribution in [3.8, 4) is 0 Å². The second-order valence-electron chi connectivity index (χ2n) is 0.491. The zero-order chi connectivity index (χ0) is 4.50. The van der Waals surface area contributed by atoms with Gasteiger partial charge in [-0.1, -0.05) is 0 Å². The predicted molar refractivity (Wildman–Crippen MR) is 12.0 cm³/mol. The third kappa shape index (κ3) is 70.1. The van der Waals surface area contributed by atoms with Crippen molar-refractivity contribution in [2.75, 3.05) is 0 Å². The molecule has 0 aromatic rings. The van der Waals surface area contributed by atoms with Crippen LogP contribution in [0.15, 0.2) is 0 Å². The average molecular weight is 120 g/mol. The minimum atomic E-state index is -4.89. The first-order chi connectivity index (χ1) is 2.00. The fraction of sp³-hybridized carbons (Fsp3) is 0. The first-order valence-corrected chi connectivity index (χ1v) is 2.30. The zero-order valence-electron chi connectivity index (χ0n) is 3.16. The van der Waals surface area contributed by atoms with Gasteiger partial charge in [-0.25, -0.2) is 0 Å². The molecular formula is H2NaO4P. The summed E-state index contributed by atoms with van der Waals surface area (Å²) >= 11 is 0. The van der Waals surface area contributed by atoms with E-state index in [9.17, 15) is 0 Å². The second-order valence-corrected chi connectivity index (χ2v) is 1.47. The summed E-state index contributed by atoms with van der Waals surface area (Å²) in [5.74, 6) is 0. The van der Waals surface area contributed by atoms with E-state index in [4.69, 9.17) is 19.2 Å². The van der Waals surface area contributed by atoms with Gasteiger partial charge in [-0.3, -0.25) is 4.57 Å². The van der Waals surface area contributed by atoms with Crippen LogP contribution in [0.4, 0.5) is 0 Å². The molecule has 0 saturated carbocycles. The molecule has 0 fully saturated rings. The van der Waals surface area contributed by atoms with Crippen LogP contribution in [0.25, 0.3) is 0 Å². The molecule has 0 unspecified atom stereocenters. The van der Waals surface area contributed by atoms with E-state index in [1.807, 2.05) is 0 Å². The van der Waals surface area contributed by atoms with Gasteiger partial charge in [0.15, 0.2) is 0 Å². The first kappa shape index (κ1) is 10.2. The van der Waals surface area contributed by atoms with Gasteiger partial charge in [0, 0.05) is 0 Å². The Morgan fingerprint density at radius 2 is 1.50 bits per heavy atom. The van der Waals surface area contributed by atoms with Gasteiger partial charge < -0.3 is 14.7 Å². The zero-order valence-corrected chi connectivity index (χ0v) is 6.05. The van der Waals surface area contributed by atoms with E-state index in [0.29, 0.717) is 0 Å². The van der Waals surface area contributed by atoms with Crippen molar-refractivity contribution in [2.45, 2.75) is 0 Å². The summed E-state index contributed by atoms with van der Waals surface area (Å²) in [6.07, 6.45) is 0. The van der Waals surface area contributed by atoms with E-state index in [1.165, 1.54) is 0 Å². The summed E-state index contributed by atoms with van der Waals surface area (Å²) < 4.78 is 8.77. The van der Waals surface area contributed by atoms with Gasteiger partial charge in [-0.15, -0.1) is 0 Å². The number of phosphoric acid groups is 1. The van der Waals surface area contributed by atoms with Gasteiger partial charge in [-0.2, -0.15) is 0 Å². The molecule has 4 nitrogen and oxygen atoms in total. The Balaban J connectivity index is 0. The first-order valence-electron chi connectivity index (χ1n) is 0.765. The van der Waals surface area contributed by atoms with Crippen LogP contribution in [0.1, 0.15) is 0 Å². The Bertz CT molecular complexity index is 53.7. The molecule has 0 aliphatic heterocycles. The Morgan fingerprint density at radius 1 is 1.50 bits per heavy atom. The van der Waals surface area contributed by atoms with Gasteiger partial charge in [-0.05, 0) is 0 Å². The van der Waals surface area contributed by atoms with Crippen LogP contribution in [0.5, 0.6) is 0 Å². The quantitative estimate of drug-likeness (QED) is 0.249. The number of hydrogen-bond acceptors (Lipinski definition) is 2. The normalized spacial score (nSPS) is 9.83. The third-order valence-corrected chi connectivity index (χ3v) is 0. The molecular weight excluding hydrogens is 118 g/mol. The van der Waals surface area contributed by atoms with E-state index in [0.717, 1.165) is 0 Å². The van der Waals surface area contributed by atoms with E-state index >= 15 is 0 Å². The Kier molecular flexibility index (Phi) is 5.35. The van der Waals surface area contributed by atoms with Crippen LogP contribution in [0.3, 0.4) is 0 Å². The summed E-state index contributed by atoms with van der Waals surface area (Å²) in [5.41, 5.74) is 0. The Morgan fingerprint density at radius 3 is 1.50 bits per heavy atom. The number of hydrogen-bond donors (Lipinski definition) is 2. The Labute approximate surface area is 56.7 Å². The van der Waals surface area contributed by atoms with Crippen LogP contribution >= 0.6 is 7.82 Å². The molecule has 0 saturated heterocycles. The molecule has 0 spiro atoms. The minimum absolute atomic E-state index is 0. The molecule has 32 valence electrons. The molecule has 0 aromatic heterocycles. The van der Waals surface area contributed by atoms with Gasteiger partial charge in [0.25, 0.3) is 7.82 Å². The van der Waals surface area contributed by atoms with Crippen molar-refractivity contribution in [2.24, 2.45) is 0 Å². The van der Waals surface area contributed by atoms with Crippen LogP contribution in [0, 0.1) is 0 Å². The number of rotatable bonds is 0. The molecule has 0 radical (unpaired) electrons. The van der Waals surface area contributed by atoms with Gasteiger partial charge in [0.2, 0.25) is 0 Å². The third-order valence-electron chi connectivity index (χ3n) is 0. The maximum atomic E-state index is 8.77. The summed E-state index contributed by atoms with van der Waals surface area (Å²) in [5, 5.41) is 0. The van der Waals surface area contributed by atoms with E-state index in [-0.39, 0.29) is 29.6 Å². The molecule has 6 heteroatoms. The summed E-state index contributed by atoms with van der Waals surface area (Å²) in [4.78, 5) is 22.9. The molecule has 0 aliphatic rings. The molecule has 0 bridgehead atoms. The summed E-state index contributed by atoms with van der Waals surface area (Å²) in [6.45, 7) is 0. The van der Waals surface area contributed by atoms with Crippen LogP contribution in [0.2, 0.25) is 0 Å². The van der Waals surface area contributed by atoms with Crippen molar-refractivity contribution < 1.29 is 48.8 Å². The fourth-order valence-corrected chi connectivity index (χ4v) is 0. The predicted octanol–water partition coefficient (Wildman–Crippen LogP) is -4.56. The minimum Gasteiger partial charge on any atom is -0.756 e. The van der Waals surface area contributed by atoms with E-state index < -0.39 is 7.82 Å².